The summed E-state index contributed by atoms with van der Waals surface area (Å²) in [5, 5.41) is 0. The van der Waals surface area contributed by atoms with Crippen molar-refractivity contribution in [3.8, 4) is 0 Å². The molecule has 0 saturated heterocycles. The molecule has 0 aliphatic carbocycles. The first kappa shape index (κ1) is 15.7. The van der Waals surface area contributed by atoms with E-state index in [1.165, 1.54) is 0 Å². The molecule has 2 N–H and O–H groups in total. The van der Waals surface area contributed by atoms with Crippen LogP contribution in [0.3, 0.4) is 0 Å². The van der Waals surface area contributed by atoms with Crippen LogP contribution >= 0.6 is 13.5 Å². The van der Waals surface area contributed by atoms with Crippen molar-refractivity contribution in [3.63, 3.8) is 0 Å². The van der Waals surface area contributed by atoms with E-state index in [0.717, 1.165) is 0 Å². The Hall–Kier alpha value is 0.843. The molecule has 0 aromatic rings. The molecule has 0 unspecified atom stereocenters. The molecule has 0 aromatic heterocycles. The molecule has 0 atom stereocenters. The Kier molecular flexibility index (Phi) is 11.2. The van der Waals surface area contributed by atoms with Gasteiger partial charge in [0.15, 0.2) is 0 Å². The SMILES string of the molecule is O=S(=O)(O)O.S.[Zn]. The van der Waals surface area contributed by atoms with Crippen molar-refractivity contribution >= 4 is 23.9 Å². The third-order valence-corrected chi connectivity index (χ3v) is 0. The molecule has 0 amide bonds. The van der Waals surface area contributed by atoms with Crippen molar-refractivity contribution in [1.29, 1.82) is 0 Å². The molecule has 0 bridgehead atoms. The quantitative estimate of drug-likeness (QED) is 0.404. The van der Waals surface area contributed by atoms with Crippen LogP contribution in [0.4, 0.5) is 0 Å². The van der Waals surface area contributed by atoms with Gasteiger partial charge in [-0.05, 0) is 0 Å². The molecule has 42 valence electrons. The zero-order chi connectivity index (χ0) is 4.50. The summed E-state index contributed by atoms with van der Waals surface area (Å²) in [6, 6.07) is 0. The van der Waals surface area contributed by atoms with Crippen LogP contribution in [-0.4, -0.2) is 17.5 Å². The van der Waals surface area contributed by atoms with Gasteiger partial charge in [-0.15, -0.1) is 0 Å². The van der Waals surface area contributed by atoms with E-state index < -0.39 is 10.4 Å². The molecule has 0 aromatic carbocycles. The number of rotatable bonds is 0. The van der Waals surface area contributed by atoms with Crippen molar-refractivity contribution in [3.05, 3.63) is 0 Å². The van der Waals surface area contributed by atoms with Crippen molar-refractivity contribution in [2.45, 2.75) is 0 Å². The maximum Gasteiger partial charge on any atom is 0.394 e. The minimum atomic E-state index is -4.67. The second-order valence-electron chi connectivity index (χ2n) is 0.448. The summed E-state index contributed by atoms with van der Waals surface area (Å²) in [5.41, 5.74) is 0. The maximum absolute atomic E-state index is 8.74. The summed E-state index contributed by atoms with van der Waals surface area (Å²) in [7, 11) is -4.67. The standard InChI is InChI=1S/H2O4S.H2S.Zn/c1-5(2,3)4;;/h(H2,1,2,3,4);1H2;. The van der Waals surface area contributed by atoms with E-state index in [9.17, 15) is 0 Å². The average Bonchev–Trinajstić information content (AvgIpc) is 0.722. The topological polar surface area (TPSA) is 74.6 Å². The van der Waals surface area contributed by atoms with Crippen molar-refractivity contribution in [1.82, 2.24) is 0 Å². The fourth-order valence-corrected chi connectivity index (χ4v) is 0. The molecule has 0 aliphatic heterocycles. The van der Waals surface area contributed by atoms with Crippen LogP contribution in [0, 0.1) is 0 Å². The first-order valence-corrected chi connectivity index (χ1v) is 2.10. The minimum absolute atomic E-state index is 0. The summed E-state index contributed by atoms with van der Waals surface area (Å²) < 4.78 is 31.6. The summed E-state index contributed by atoms with van der Waals surface area (Å²) in [6.07, 6.45) is 0. The van der Waals surface area contributed by atoms with Crippen LogP contribution in [0.15, 0.2) is 0 Å². The van der Waals surface area contributed by atoms with Crippen LogP contribution < -0.4 is 0 Å². The molecule has 0 aliphatic rings. The molecule has 7 heteroatoms. The molecule has 0 saturated carbocycles. The third kappa shape index (κ3) is 226. The molecule has 7 heavy (non-hydrogen) atoms. The second kappa shape index (κ2) is 4.99. The molecule has 0 spiro atoms. The predicted molar refractivity (Wildman–Crippen MR) is 24.6 cm³/mol. The fourth-order valence-electron chi connectivity index (χ4n) is 0. The number of hydrogen-bond donors (Lipinski definition) is 2. The van der Waals surface area contributed by atoms with E-state index in [-0.39, 0.29) is 33.0 Å². The summed E-state index contributed by atoms with van der Waals surface area (Å²) in [4.78, 5) is 0. The maximum atomic E-state index is 8.74. The molecule has 0 heterocycles. The molecule has 0 rings (SSSR count). The van der Waals surface area contributed by atoms with Crippen LogP contribution in [0.5, 0.6) is 0 Å². The minimum Gasteiger partial charge on any atom is -0.264 e. The Morgan fingerprint density at radius 1 is 1.14 bits per heavy atom. The van der Waals surface area contributed by atoms with Gasteiger partial charge in [0, 0.05) is 19.5 Å². The van der Waals surface area contributed by atoms with Gasteiger partial charge in [-0.1, -0.05) is 0 Å². The summed E-state index contributed by atoms with van der Waals surface area (Å²) >= 11 is 0. The van der Waals surface area contributed by atoms with Crippen LogP contribution in [0.1, 0.15) is 0 Å². The van der Waals surface area contributed by atoms with Gasteiger partial charge in [-0.25, -0.2) is 0 Å². The van der Waals surface area contributed by atoms with Gasteiger partial charge in [-0.3, -0.25) is 9.11 Å². The second-order valence-corrected chi connectivity index (χ2v) is 1.34. The molecule has 4 nitrogen and oxygen atoms in total. The van der Waals surface area contributed by atoms with E-state index in [1.54, 1.807) is 0 Å². The van der Waals surface area contributed by atoms with Gasteiger partial charge >= 0.3 is 10.4 Å². The van der Waals surface area contributed by atoms with Gasteiger partial charge in [0.25, 0.3) is 0 Å². The summed E-state index contributed by atoms with van der Waals surface area (Å²) in [6.45, 7) is 0. The van der Waals surface area contributed by atoms with Crippen molar-refractivity contribution < 1.29 is 37.0 Å². The zero-order valence-electron chi connectivity index (χ0n) is 3.33. The van der Waals surface area contributed by atoms with E-state index in [0.29, 0.717) is 0 Å². The van der Waals surface area contributed by atoms with Crippen LogP contribution in [0.25, 0.3) is 0 Å². The molecular weight excluding hydrogens is 194 g/mol. The van der Waals surface area contributed by atoms with Crippen LogP contribution in [-0.2, 0) is 29.9 Å². The zero-order valence-corrected chi connectivity index (χ0v) is 8.11. The van der Waals surface area contributed by atoms with E-state index >= 15 is 0 Å². The van der Waals surface area contributed by atoms with E-state index in [4.69, 9.17) is 17.5 Å². The largest absolute Gasteiger partial charge is 0.394 e. The molecular formula is H4O4S2Zn. The molecule has 0 fully saturated rings. The Labute approximate surface area is 61.1 Å². The summed E-state index contributed by atoms with van der Waals surface area (Å²) in [5.74, 6) is 0. The van der Waals surface area contributed by atoms with Crippen molar-refractivity contribution in [2.75, 3.05) is 0 Å². The smallest absolute Gasteiger partial charge is 0.264 e. The van der Waals surface area contributed by atoms with Crippen molar-refractivity contribution in [2.24, 2.45) is 0 Å². The number of hydrogen-bond acceptors (Lipinski definition) is 2. The van der Waals surface area contributed by atoms with E-state index in [2.05, 4.69) is 0 Å². The first-order valence-electron chi connectivity index (χ1n) is 0.698. The van der Waals surface area contributed by atoms with E-state index in [1.807, 2.05) is 0 Å². The Balaban J connectivity index is -0.0000000800. The van der Waals surface area contributed by atoms with Gasteiger partial charge in [0.1, 0.15) is 0 Å². The normalized spacial score (nSPS) is 8.29. The molecule has 0 radical (unpaired) electrons. The Morgan fingerprint density at radius 2 is 1.14 bits per heavy atom. The Morgan fingerprint density at radius 3 is 1.14 bits per heavy atom. The van der Waals surface area contributed by atoms with Gasteiger partial charge in [0.2, 0.25) is 0 Å². The van der Waals surface area contributed by atoms with Crippen LogP contribution in [0.2, 0.25) is 0 Å². The monoisotopic (exact) mass is 196 g/mol. The first-order chi connectivity index (χ1) is 2.00. The van der Waals surface area contributed by atoms with Gasteiger partial charge in [-0.2, -0.15) is 21.9 Å². The van der Waals surface area contributed by atoms with Gasteiger partial charge < -0.3 is 0 Å². The third-order valence-electron chi connectivity index (χ3n) is 0. The Bertz CT molecular complexity index is 92.9. The van der Waals surface area contributed by atoms with Gasteiger partial charge in [0.05, 0.1) is 0 Å². The fraction of sp³-hybridized carbons (Fsp3) is 0. The average molecular weight is 198 g/mol. The predicted octanol–water partition coefficient (Wildman–Crippen LogP) is -0.542.